The molecule has 0 radical (unpaired) electrons. The first-order chi connectivity index (χ1) is 8.17. The zero-order chi connectivity index (χ0) is 12.0. The van der Waals surface area contributed by atoms with Crippen molar-refractivity contribution in [1.82, 2.24) is 0 Å². The molecule has 2 unspecified atom stereocenters. The highest BCUT2D eigenvalue weighted by Gasteiger charge is 2.63. The molecule has 2 nitrogen and oxygen atoms in total. The van der Waals surface area contributed by atoms with Crippen LogP contribution in [-0.2, 0) is 5.54 Å². The van der Waals surface area contributed by atoms with Gasteiger partial charge in [-0.2, -0.15) is 0 Å². The molecule has 2 heteroatoms. The molecule has 0 heterocycles. The zero-order valence-corrected chi connectivity index (χ0v) is 10.7. The number of nitrogens with two attached hydrogens (primary N) is 1. The number of methoxy groups -OCH3 is 1. The lowest BCUT2D eigenvalue weighted by atomic mass is 9.99. The lowest BCUT2D eigenvalue weighted by Gasteiger charge is -2.17. The molecule has 0 amide bonds. The molecule has 92 valence electrons. The van der Waals surface area contributed by atoms with Crippen LogP contribution in [-0.4, -0.2) is 7.11 Å². The van der Waals surface area contributed by atoms with E-state index in [1.54, 1.807) is 7.11 Å². The van der Waals surface area contributed by atoms with Crippen LogP contribution in [0.25, 0.3) is 0 Å². The summed E-state index contributed by atoms with van der Waals surface area (Å²) in [5.41, 5.74) is 9.02. The second-order valence-electron chi connectivity index (χ2n) is 5.63. The zero-order valence-electron chi connectivity index (χ0n) is 10.7. The Bertz CT molecular complexity index is 429. The van der Waals surface area contributed by atoms with Gasteiger partial charge in [0.05, 0.1) is 12.6 Å². The first-order valence-corrected chi connectivity index (χ1v) is 6.62. The van der Waals surface area contributed by atoms with Crippen LogP contribution in [0.5, 0.6) is 5.75 Å². The van der Waals surface area contributed by atoms with Gasteiger partial charge in [-0.25, -0.2) is 0 Å². The number of fused-ring (bicyclic) bond motifs is 1. The lowest BCUT2D eigenvalue weighted by molar-refractivity contribution is 0.400. The van der Waals surface area contributed by atoms with Crippen LogP contribution in [0.2, 0.25) is 0 Å². The van der Waals surface area contributed by atoms with Crippen molar-refractivity contribution in [3.05, 3.63) is 29.3 Å². The van der Waals surface area contributed by atoms with Gasteiger partial charge in [-0.1, -0.05) is 25.0 Å². The summed E-state index contributed by atoms with van der Waals surface area (Å²) in [6.07, 6.45) is 5.26. The molecule has 0 aromatic heterocycles. The summed E-state index contributed by atoms with van der Waals surface area (Å²) in [5, 5.41) is 0. The first-order valence-electron chi connectivity index (χ1n) is 6.62. The highest BCUT2D eigenvalue weighted by Crippen LogP contribution is 2.64. The topological polar surface area (TPSA) is 35.2 Å². The van der Waals surface area contributed by atoms with E-state index in [9.17, 15) is 0 Å². The van der Waals surface area contributed by atoms with E-state index in [0.29, 0.717) is 11.8 Å². The average molecular weight is 231 g/mol. The van der Waals surface area contributed by atoms with Crippen molar-refractivity contribution in [2.75, 3.05) is 7.11 Å². The first kappa shape index (κ1) is 11.1. The molecule has 0 bridgehead atoms. The molecule has 0 aliphatic heterocycles. The molecular weight excluding hydrogens is 210 g/mol. The van der Waals surface area contributed by atoms with E-state index < -0.39 is 0 Å². The minimum atomic E-state index is -0.102. The predicted octanol–water partition coefficient (Wildman–Crippen LogP) is 2.98. The molecule has 2 atom stereocenters. The Balaban J connectivity index is 1.99. The van der Waals surface area contributed by atoms with Gasteiger partial charge in [-0.05, 0) is 43.2 Å². The molecule has 2 saturated carbocycles. The molecule has 0 saturated heterocycles. The Hall–Kier alpha value is -1.02. The van der Waals surface area contributed by atoms with Crippen molar-refractivity contribution >= 4 is 0 Å². The monoisotopic (exact) mass is 231 g/mol. The van der Waals surface area contributed by atoms with Crippen LogP contribution in [0.1, 0.15) is 36.8 Å². The normalized spacial score (nSPS) is 35.2. The summed E-state index contributed by atoms with van der Waals surface area (Å²) in [6, 6.07) is 6.43. The number of benzene rings is 1. The van der Waals surface area contributed by atoms with Crippen LogP contribution >= 0.6 is 0 Å². The fourth-order valence-electron chi connectivity index (χ4n) is 3.73. The van der Waals surface area contributed by atoms with E-state index in [4.69, 9.17) is 10.5 Å². The van der Waals surface area contributed by atoms with Gasteiger partial charge in [0.15, 0.2) is 0 Å². The van der Waals surface area contributed by atoms with Crippen molar-refractivity contribution in [3.63, 3.8) is 0 Å². The predicted molar refractivity (Wildman–Crippen MR) is 69.0 cm³/mol. The molecular formula is C15H21NO. The maximum atomic E-state index is 6.66. The van der Waals surface area contributed by atoms with Gasteiger partial charge in [0.2, 0.25) is 0 Å². The van der Waals surface area contributed by atoms with Gasteiger partial charge in [0, 0.05) is 5.56 Å². The van der Waals surface area contributed by atoms with Crippen molar-refractivity contribution in [3.8, 4) is 5.75 Å². The molecule has 2 aliphatic rings. The largest absolute Gasteiger partial charge is 0.496 e. The fraction of sp³-hybridized carbons (Fsp3) is 0.600. The molecule has 3 rings (SSSR count). The van der Waals surface area contributed by atoms with Crippen LogP contribution in [0.15, 0.2) is 18.2 Å². The van der Waals surface area contributed by atoms with Gasteiger partial charge < -0.3 is 10.5 Å². The quantitative estimate of drug-likeness (QED) is 0.849. The van der Waals surface area contributed by atoms with E-state index in [1.165, 1.54) is 36.8 Å². The molecule has 17 heavy (non-hydrogen) atoms. The molecule has 2 aliphatic carbocycles. The molecule has 1 aromatic rings. The van der Waals surface area contributed by atoms with E-state index in [1.807, 2.05) is 0 Å². The summed E-state index contributed by atoms with van der Waals surface area (Å²) < 4.78 is 5.52. The fourth-order valence-corrected chi connectivity index (χ4v) is 3.73. The van der Waals surface area contributed by atoms with Crippen molar-refractivity contribution in [2.24, 2.45) is 17.6 Å². The Morgan fingerprint density at radius 3 is 2.47 bits per heavy atom. The average Bonchev–Trinajstić information content (AvgIpc) is 2.97. The Morgan fingerprint density at radius 2 is 1.88 bits per heavy atom. The van der Waals surface area contributed by atoms with Crippen molar-refractivity contribution in [2.45, 2.75) is 38.1 Å². The third-order valence-corrected chi connectivity index (χ3v) is 4.71. The third-order valence-electron chi connectivity index (χ3n) is 4.71. The Morgan fingerprint density at radius 1 is 1.24 bits per heavy atom. The molecule has 1 aromatic carbocycles. The molecule has 0 spiro atoms. The highest BCUT2D eigenvalue weighted by atomic mass is 16.5. The van der Waals surface area contributed by atoms with Crippen LogP contribution in [0, 0.1) is 18.8 Å². The maximum absolute atomic E-state index is 6.66. The van der Waals surface area contributed by atoms with Gasteiger partial charge >= 0.3 is 0 Å². The highest BCUT2D eigenvalue weighted by molar-refractivity contribution is 5.47. The number of rotatable bonds is 2. The van der Waals surface area contributed by atoms with Crippen LogP contribution in [0.3, 0.4) is 0 Å². The van der Waals surface area contributed by atoms with E-state index >= 15 is 0 Å². The van der Waals surface area contributed by atoms with E-state index in [0.717, 1.165) is 5.75 Å². The maximum Gasteiger partial charge on any atom is 0.124 e. The van der Waals surface area contributed by atoms with E-state index in [2.05, 4.69) is 25.1 Å². The van der Waals surface area contributed by atoms with Crippen LogP contribution < -0.4 is 10.5 Å². The van der Waals surface area contributed by atoms with E-state index in [-0.39, 0.29) is 5.54 Å². The second-order valence-corrected chi connectivity index (χ2v) is 5.63. The molecule has 2 N–H and O–H groups in total. The number of hydrogen-bond acceptors (Lipinski definition) is 2. The summed E-state index contributed by atoms with van der Waals surface area (Å²) in [4.78, 5) is 0. The smallest absolute Gasteiger partial charge is 0.124 e. The Labute approximate surface area is 103 Å². The standard InChI is InChI=1S/C15H21NO/c1-10-7-8-13(14(9-10)17-2)15(16)11-5-3-4-6-12(11)15/h7-9,11-12H,3-6,16H2,1-2H3. The van der Waals surface area contributed by atoms with Gasteiger partial charge in [-0.3, -0.25) is 0 Å². The Kier molecular flexibility index (Phi) is 2.44. The lowest BCUT2D eigenvalue weighted by Crippen LogP contribution is -2.24. The van der Waals surface area contributed by atoms with Crippen molar-refractivity contribution in [1.29, 1.82) is 0 Å². The SMILES string of the molecule is COc1cc(C)ccc1C1(N)C2CCCCC21. The molecule has 2 fully saturated rings. The van der Waals surface area contributed by atoms with Gasteiger partial charge in [0.25, 0.3) is 0 Å². The summed E-state index contributed by atoms with van der Waals surface area (Å²) in [6.45, 7) is 2.09. The number of hydrogen-bond donors (Lipinski definition) is 1. The van der Waals surface area contributed by atoms with Gasteiger partial charge in [-0.15, -0.1) is 0 Å². The third kappa shape index (κ3) is 1.50. The minimum absolute atomic E-state index is 0.102. The van der Waals surface area contributed by atoms with Crippen LogP contribution in [0.4, 0.5) is 0 Å². The summed E-state index contributed by atoms with van der Waals surface area (Å²) in [5.74, 6) is 2.35. The summed E-state index contributed by atoms with van der Waals surface area (Å²) >= 11 is 0. The number of aryl methyl sites for hydroxylation is 1. The van der Waals surface area contributed by atoms with Gasteiger partial charge in [0.1, 0.15) is 5.75 Å². The number of ether oxygens (including phenoxy) is 1. The van der Waals surface area contributed by atoms with Crippen molar-refractivity contribution < 1.29 is 4.74 Å². The minimum Gasteiger partial charge on any atom is -0.496 e. The summed E-state index contributed by atoms with van der Waals surface area (Å²) in [7, 11) is 1.74. The second kappa shape index (κ2) is 3.74.